The lowest BCUT2D eigenvalue weighted by Gasteiger charge is -2.17. The fourth-order valence-corrected chi connectivity index (χ4v) is 2.58. The van der Waals surface area contributed by atoms with Gasteiger partial charge in [-0.1, -0.05) is 17.7 Å². The molecule has 0 aliphatic heterocycles. The molecule has 21 heavy (non-hydrogen) atoms. The molecule has 0 saturated heterocycles. The molecule has 0 spiro atoms. The van der Waals surface area contributed by atoms with Gasteiger partial charge in [0.05, 0.1) is 12.2 Å². The first kappa shape index (κ1) is 15.5. The Bertz CT molecular complexity index is 616. The summed E-state index contributed by atoms with van der Waals surface area (Å²) in [7, 11) is 0. The predicted molar refractivity (Wildman–Crippen MR) is 91.6 cm³/mol. The number of rotatable bonds is 4. The van der Waals surface area contributed by atoms with E-state index in [1.807, 2.05) is 23.0 Å². The summed E-state index contributed by atoms with van der Waals surface area (Å²) in [5, 5.41) is 11.5. The van der Waals surface area contributed by atoms with Gasteiger partial charge in [-0.15, -0.1) is 0 Å². The summed E-state index contributed by atoms with van der Waals surface area (Å²) in [5.74, 6) is 0. The van der Waals surface area contributed by atoms with Crippen molar-refractivity contribution in [3.8, 4) is 0 Å². The second-order valence-electron chi connectivity index (χ2n) is 5.19. The van der Waals surface area contributed by atoms with Crippen LogP contribution < -0.4 is 10.6 Å². The third-order valence-electron chi connectivity index (χ3n) is 3.56. The number of thiocarbonyl (C=S) groups is 1. The zero-order valence-corrected chi connectivity index (χ0v) is 13.8. The Morgan fingerprint density at radius 1 is 1.29 bits per heavy atom. The van der Waals surface area contributed by atoms with Crippen molar-refractivity contribution in [1.29, 1.82) is 0 Å². The van der Waals surface area contributed by atoms with E-state index >= 15 is 0 Å². The van der Waals surface area contributed by atoms with Crippen LogP contribution in [0.1, 0.15) is 36.7 Å². The molecule has 2 aromatic rings. The van der Waals surface area contributed by atoms with Gasteiger partial charge in [-0.3, -0.25) is 4.68 Å². The molecule has 0 aliphatic carbocycles. The summed E-state index contributed by atoms with van der Waals surface area (Å²) in [5.41, 5.74) is 4.57. The topological polar surface area (TPSA) is 41.9 Å². The molecule has 0 bridgehead atoms. The molecule has 2 N–H and O–H groups in total. The average Bonchev–Trinajstić information content (AvgIpc) is 2.82. The van der Waals surface area contributed by atoms with Crippen LogP contribution in [0.25, 0.3) is 0 Å². The van der Waals surface area contributed by atoms with E-state index in [1.165, 1.54) is 16.8 Å². The summed E-state index contributed by atoms with van der Waals surface area (Å²) < 4.78 is 1.99. The molecule has 5 heteroatoms. The molecule has 0 saturated carbocycles. The fraction of sp³-hybridized carbons (Fsp3) is 0.375. The molecule has 4 nitrogen and oxygen atoms in total. The first-order valence-corrected chi connectivity index (χ1v) is 7.58. The molecular formula is C16H22N4S. The van der Waals surface area contributed by atoms with Gasteiger partial charge in [0, 0.05) is 23.5 Å². The molecule has 1 atom stereocenters. The Morgan fingerprint density at radius 3 is 2.52 bits per heavy atom. The van der Waals surface area contributed by atoms with Gasteiger partial charge in [-0.05, 0) is 52.0 Å². The summed E-state index contributed by atoms with van der Waals surface area (Å²) in [6, 6.07) is 8.28. The van der Waals surface area contributed by atoms with E-state index in [0.29, 0.717) is 5.11 Å². The van der Waals surface area contributed by atoms with Crippen molar-refractivity contribution in [3.05, 3.63) is 47.3 Å². The number of nitrogens with one attached hydrogen (secondary N) is 2. The Morgan fingerprint density at radius 2 is 1.95 bits per heavy atom. The van der Waals surface area contributed by atoms with Crippen LogP contribution in [0.4, 0.5) is 5.69 Å². The predicted octanol–water partition coefficient (Wildman–Crippen LogP) is 3.57. The lowest BCUT2D eigenvalue weighted by atomic mass is 10.1. The highest BCUT2D eigenvalue weighted by atomic mass is 32.1. The maximum atomic E-state index is 5.37. The molecule has 1 unspecified atom stereocenters. The standard InChI is InChI=1S/C16H22N4S/c1-5-20-13(4)15(10-17-20)12(3)18-16(21)19-14-8-6-11(2)7-9-14/h6-10,12H,5H2,1-4H3,(H2,18,19,21). The van der Waals surface area contributed by atoms with Gasteiger partial charge < -0.3 is 10.6 Å². The van der Waals surface area contributed by atoms with Crippen molar-refractivity contribution in [1.82, 2.24) is 15.1 Å². The molecule has 1 heterocycles. The molecule has 112 valence electrons. The largest absolute Gasteiger partial charge is 0.356 e. The molecule has 2 rings (SSSR count). The van der Waals surface area contributed by atoms with Crippen molar-refractivity contribution in [3.63, 3.8) is 0 Å². The third-order valence-corrected chi connectivity index (χ3v) is 3.78. The van der Waals surface area contributed by atoms with Crippen LogP contribution in [0, 0.1) is 13.8 Å². The van der Waals surface area contributed by atoms with Crippen molar-refractivity contribution in [2.24, 2.45) is 0 Å². The van der Waals surface area contributed by atoms with Gasteiger partial charge in [0.15, 0.2) is 5.11 Å². The van der Waals surface area contributed by atoms with Gasteiger partial charge in [-0.25, -0.2) is 0 Å². The second-order valence-corrected chi connectivity index (χ2v) is 5.60. The highest BCUT2D eigenvalue weighted by Gasteiger charge is 2.13. The van der Waals surface area contributed by atoms with E-state index in [0.717, 1.165) is 12.2 Å². The van der Waals surface area contributed by atoms with Crippen LogP contribution in [-0.2, 0) is 6.54 Å². The van der Waals surface area contributed by atoms with Crippen LogP contribution in [-0.4, -0.2) is 14.9 Å². The van der Waals surface area contributed by atoms with Crippen LogP contribution in [0.3, 0.4) is 0 Å². The summed E-state index contributed by atoms with van der Waals surface area (Å²) in [4.78, 5) is 0. The van der Waals surface area contributed by atoms with Crippen molar-refractivity contribution >= 4 is 23.0 Å². The number of benzene rings is 1. The van der Waals surface area contributed by atoms with E-state index in [1.54, 1.807) is 0 Å². The number of nitrogens with zero attached hydrogens (tertiary/aromatic N) is 2. The van der Waals surface area contributed by atoms with Crippen molar-refractivity contribution in [2.45, 2.75) is 40.3 Å². The van der Waals surface area contributed by atoms with Crippen molar-refractivity contribution < 1.29 is 0 Å². The highest BCUT2D eigenvalue weighted by molar-refractivity contribution is 7.80. The Labute approximate surface area is 131 Å². The maximum Gasteiger partial charge on any atom is 0.171 e. The van der Waals surface area contributed by atoms with Crippen molar-refractivity contribution in [2.75, 3.05) is 5.32 Å². The normalized spacial score (nSPS) is 12.0. The van der Waals surface area contributed by atoms with E-state index in [9.17, 15) is 0 Å². The fourth-order valence-electron chi connectivity index (χ4n) is 2.28. The quantitative estimate of drug-likeness (QED) is 0.847. The zero-order valence-electron chi connectivity index (χ0n) is 13.0. The smallest absolute Gasteiger partial charge is 0.171 e. The van der Waals surface area contributed by atoms with E-state index < -0.39 is 0 Å². The molecule has 1 aromatic heterocycles. The van der Waals surface area contributed by atoms with E-state index in [4.69, 9.17) is 12.2 Å². The molecule has 0 aliphatic rings. The van der Waals surface area contributed by atoms with Gasteiger partial charge in [0.1, 0.15) is 0 Å². The highest BCUT2D eigenvalue weighted by Crippen LogP contribution is 2.17. The van der Waals surface area contributed by atoms with Crippen LogP contribution >= 0.6 is 12.2 Å². The average molecular weight is 302 g/mol. The Balaban J connectivity index is 1.98. The monoisotopic (exact) mass is 302 g/mol. The number of hydrogen-bond donors (Lipinski definition) is 2. The van der Waals surface area contributed by atoms with Gasteiger partial charge in [0.25, 0.3) is 0 Å². The van der Waals surface area contributed by atoms with Crippen LogP contribution in [0.5, 0.6) is 0 Å². The lowest BCUT2D eigenvalue weighted by molar-refractivity contribution is 0.633. The van der Waals surface area contributed by atoms with Gasteiger partial charge in [-0.2, -0.15) is 5.10 Å². The van der Waals surface area contributed by atoms with Gasteiger partial charge in [0.2, 0.25) is 0 Å². The van der Waals surface area contributed by atoms with E-state index in [2.05, 4.69) is 55.6 Å². The summed E-state index contributed by atoms with van der Waals surface area (Å²) >= 11 is 5.37. The number of aryl methyl sites for hydroxylation is 2. The van der Waals surface area contributed by atoms with E-state index in [-0.39, 0.29) is 6.04 Å². The molecular weight excluding hydrogens is 280 g/mol. The minimum absolute atomic E-state index is 0.121. The Hall–Kier alpha value is -1.88. The number of anilines is 1. The maximum absolute atomic E-state index is 5.37. The first-order chi connectivity index (χ1) is 10.0. The summed E-state index contributed by atoms with van der Waals surface area (Å²) in [6.07, 6.45) is 1.91. The number of hydrogen-bond acceptors (Lipinski definition) is 2. The summed E-state index contributed by atoms with van der Waals surface area (Å²) in [6.45, 7) is 9.21. The van der Waals surface area contributed by atoms with Gasteiger partial charge >= 0.3 is 0 Å². The SMILES string of the molecule is CCn1ncc(C(C)NC(=S)Nc2ccc(C)cc2)c1C. The first-order valence-electron chi connectivity index (χ1n) is 7.17. The molecule has 0 radical (unpaired) electrons. The molecule has 0 amide bonds. The molecule has 0 fully saturated rings. The minimum atomic E-state index is 0.121. The lowest BCUT2D eigenvalue weighted by Crippen LogP contribution is -2.31. The second kappa shape index (κ2) is 6.72. The minimum Gasteiger partial charge on any atom is -0.356 e. The molecule has 1 aromatic carbocycles. The number of aromatic nitrogens is 2. The Kier molecular flexibility index (Phi) is 4.96. The third kappa shape index (κ3) is 3.82. The van der Waals surface area contributed by atoms with Crippen LogP contribution in [0.2, 0.25) is 0 Å². The zero-order chi connectivity index (χ0) is 15.4. The van der Waals surface area contributed by atoms with Crippen LogP contribution in [0.15, 0.2) is 30.5 Å².